The lowest BCUT2D eigenvalue weighted by atomic mass is 9.80. The van der Waals surface area contributed by atoms with Gasteiger partial charge in [-0.25, -0.2) is 14.2 Å². The predicted octanol–water partition coefficient (Wildman–Crippen LogP) is 5.24. The first kappa shape index (κ1) is 25.2. The zero-order valence-corrected chi connectivity index (χ0v) is 22.5. The molecule has 0 saturated carbocycles. The Labute approximate surface area is 220 Å². The fourth-order valence-electron chi connectivity index (χ4n) is 5.79. The van der Waals surface area contributed by atoms with E-state index >= 15 is 0 Å². The largest absolute Gasteiger partial charge is 0.496 e. The Morgan fingerprint density at radius 2 is 1.92 bits per heavy atom. The maximum absolute atomic E-state index is 14.4. The van der Waals surface area contributed by atoms with Gasteiger partial charge >= 0.3 is 6.03 Å². The van der Waals surface area contributed by atoms with Crippen molar-refractivity contribution in [3.05, 3.63) is 75.5 Å². The molecule has 7 nitrogen and oxygen atoms in total. The van der Waals surface area contributed by atoms with Crippen molar-refractivity contribution < 1.29 is 18.7 Å². The van der Waals surface area contributed by atoms with Gasteiger partial charge in [-0.1, -0.05) is 24.3 Å². The van der Waals surface area contributed by atoms with E-state index in [1.165, 1.54) is 23.5 Å². The first-order valence-corrected chi connectivity index (χ1v) is 13.2. The second kappa shape index (κ2) is 9.45. The number of benzene rings is 2. The molecule has 0 N–H and O–H groups in total. The Balaban J connectivity index is 1.69. The number of aryl methyl sites for hydroxylation is 2. The molecule has 3 amide bonds. The summed E-state index contributed by atoms with van der Waals surface area (Å²) in [6, 6.07) is 13.6. The number of anilines is 1. The topological polar surface area (TPSA) is 66.0 Å². The fourth-order valence-corrected chi connectivity index (χ4v) is 6.68. The van der Waals surface area contributed by atoms with Crippen molar-refractivity contribution in [1.29, 1.82) is 0 Å². The third kappa shape index (κ3) is 4.15. The Morgan fingerprint density at radius 1 is 1.16 bits per heavy atom. The van der Waals surface area contributed by atoms with E-state index in [2.05, 4.69) is 4.98 Å². The van der Waals surface area contributed by atoms with Crippen LogP contribution in [0.15, 0.2) is 48.5 Å². The standard InChI is InChI=1S/C28H31FN4O3S/c1-17(2)32-16-28(33(27(32)35)21-10-8-9-20(29)13-21)15-31(26(34)25-18(3)30-19(4)37-25)14-23(28)22-11-6-7-12-24(22)36-5/h6-13,17,23H,14-16H2,1-5H3/t23-,28-/m1/s1. The zero-order valence-electron chi connectivity index (χ0n) is 21.7. The first-order valence-electron chi connectivity index (χ1n) is 12.4. The van der Waals surface area contributed by atoms with Gasteiger partial charge in [0.05, 0.1) is 23.4 Å². The molecule has 2 aliphatic heterocycles. The van der Waals surface area contributed by atoms with Crippen LogP contribution in [0.2, 0.25) is 0 Å². The Bertz CT molecular complexity index is 1360. The van der Waals surface area contributed by atoms with Gasteiger partial charge in [0.25, 0.3) is 5.91 Å². The number of amides is 3. The summed E-state index contributed by atoms with van der Waals surface area (Å²) in [6.45, 7) is 8.77. The number of carbonyl (C=O) groups excluding carboxylic acids is 2. The van der Waals surface area contributed by atoms with Crippen LogP contribution in [0.4, 0.5) is 14.9 Å². The molecular weight excluding hydrogens is 491 g/mol. The minimum atomic E-state index is -0.826. The second-order valence-corrected chi connectivity index (χ2v) is 11.3. The number of para-hydroxylation sites is 1. The predicted molar refractivity (Wildman–Crippen MR) is 142 cm³/mol. The summed E-state index contributed by atoms with van der Waals surface area (Å²) in [4.78, 5) is 38.2. The maximum atomic E-state index is 14.4. The van der Waals surface area contributed by atoms with Crippen molar-refractivity contribution in [1.82, 2.24) is 14.8 Å². The van der Waals surface area contributed by atoms with E-state index in [1.807, 2.05) is 61.8 Å². The molecule has 1 aromatic heterocycles. The fraction of sp³-hybridized carbons (Fsp3) is 0.393. The van der Waals surface area contributed by atoms with Crippen molar-refractivity contribution in [2.24, 2.45) is 0 Å². The molecule has 9 heteroatoms. The highest BCUT2D eigenvalue weighted by Gasteiger charge is 2.61. The lowest BCUT2D eigenvalue weighted by Crippen LogP contribution is -2.53. The van der Waals surface area contributed by atoms with Crippen LogP contribution >= 0.6 is 11.3 Å². The lowest BCUT2D eigenvalue weighted by molar-refractivity contribution is 0.0787. The third-order valence-electron chi connectivity index (χ3n) is 7.43. The van der Waals surface area contributed by atoms with Gasteiger partial charge in [0.15, 0.2) is 0 Å². The molecule has 2 aliphatic rings. The number of likely N-dealkylation sites (tertiary alicyclic amines) is 1. The van der Waals surface area contributed by atoms with Crippen LogP contribution in [0.3, 0.4) is 0 Å². The Hall–Kier alpha value is -3.46. The maximum Gasteiger partial charge on any atom is 0.325 e. The van der Waals surface area contributed by atoms with E-state index in [0.29, 0.717) is 41.6 Å². The molecule has 37 heavy (non-hydrogen) atoms. The van der Waals surface area contributed by atoms with E-state index in [0.717, 1.165) is 10.6 Å². The summed E-state index contributed by atoms with van der Waals surface area (Å²) in [7, 11) is 1.62. The molecule has 2 fully saturated rings. The number of thiazole rings is 1. The normalized spacial score (nSPS) is 21.5. The minimum absolute atomic E-state index is 0.0719. The van der Waals surface area contributed by atoms with Crippen LogP contribution in [-0.4, -0.2) is 65.0 Å². The van der Waals surface area contributed by atoms with Crippen LogP contribution in [-0.2, 0) is 0 Å². The SMILES string of the molecule is COc1ccccc1[C@H]1CN(C(=O)c2sc(C)nc2C)C[C@@]12CN(C(C)C)C(=O)N2c1cccc(F)c1. The van der Waals surface area contributed by atoms with Crippen molar-refractivity contribution in [3.63, 3.8) is 0 Å². The zero-order chi connectivity index (χ0) is 26.5. The van der Waals surface area contributed by atoms with Crippen LogP contribution in [0.25, 0.3) is 0 Å². The van der Waals surface area contributed by atoms with E-state index < -0.39 is 11.4 Å². The number of urea groups is 1. The Kier molecular flexibility index (Phi) is 6.43. The smallest absolute Gasteiger partial charge is 0.325 e. The molecule has 1 spiro atoms. The molecule has 2 atom stereocenters. The number of methoxy groups -OCH3 is 1. The number of carbonyl (C=O) groups is 2. The monoisotopic (exact) mass is 522 g/mol. The number of nitrogens with zero attached hydrogens (tertiary/aromatic N) is 4. The summed E-state index contributed by atoms with van der Waals surface area (Å²) < 4.78 is 20.2. The summed E-state index contributed by atoms with van der Waals surface area (Å²) in [6.07, 6.45) is 0. The molecule has 0 aliphatic carbocycles. The van der Waals surface area contributed by atoms with Gasteiger partial charge in [-0.05, 0) is 52.0 Å². The molecule has 194 valence electrons. The highest BCUT2D eigenvalue weighted by molar-refractivity contribution is 7.13. The summed E-state index contributed by atoms with van der Waals surface area (Å²) >= 11 is 1.38. The summed E-state index contributed by atoms with van der Waals surface area (Å²) in [5.41, 5.74) is 1.27. The average Bonchev–Trinajstić information content (AvgIpc) is 3.51. The van der Waals surface area contributed by atoms with Gasteiger partial charge in [-0.15, -0.1) is 11.3 Å². The summed E-state index contributed by atoms with van der Waals surface area (Å²) in [5.74, 6) is -0.0907. The van der Waals surface area contributed by atoms with Crippen molar-refractivity contribution in [2.45, 2.75) is 45.2 Å². The lowest BCUT2D eigenvalue weighted by Gasteiger charge is -2.38. The van der Waals surface area contributed by atoms with Gasteiger partial charge < -0.3 is 14.5 Å². The van der Waals surface area contributed by atoms with Crippen molar-refractivity contribution >= 4 is 29.0 Å². The average molecular weight is 523 g/mol. The van der Waals surface area contributed by atoms with Crippen LogP contribution in [0.5, 0.6) is 5.75 Å². The number of ether oxygens (including phenoxy) is 1. The molecule has 0 bridgehead atoms. The van der Waals surface area contributed by atoms with Gasteiger partial charge in [0.1, 0.15) is 16.4 Å². The van der Waals surface area contributed by atoms with E-state index in [1.54, 1.807) is 24.1 Å². The van der Waals surface area contributed by atoms with Crippen LogP contribution in [0, 0.1) is 19.7 Å². The van der Waals surface area contributed by atoms with Gasteiger partial charge in [0.2, 0.25) is 0 Å². The molecule has 2 saturated heterocycles. The molecule has 5 rings (SSSR count). The molecule has 0 radical (unpaired) electrons. The molecule has 3 heterocycles. The molecule has 0 unspecified atom stereocenters. The van der Waals surface area contributed by atoms with Crippen molar-refractivity contribution in [3.8, 4) is 5.75 Å². The van der Waals surface area contributed by atoms with Crippen LogP contribution < -0.4 is 9.64 Å². The number of aromatic nitrogens is 1. The van der Waals surface area contributed by atoms with E-state index in [9.17, 15) is 14.0 Å². The summed E-state index contributed by atoms with van der Waals surface area (Å²) in [5, 5.41) is 0.833. The van der Waals surface area contributed by atoms with Gasteiger partial charge in [-0.3, -0.25) is 9.69 Å². The van der Waals surface area contributed by atoms with Gasteiger partial charge in [-0.2, -0.15) is 0 Å². The molecule has 3 aromatic rings. The second-order valence-electron chi connectivity index (χ2n) is 10.1. The molecule has 2 aromatic carbocycles. The minimum Gasteiger partial charge on any atom is -0.496 e. The van der Waals surface area contributed by atoms with Gasteiger partial charge in [0, 0.05) is 42.8 Å². The highest BCUT2D eigenvalue weighted by atomic mass is 32.1. The van der Waals surface area contributed by atoms with Crippen molar-refractivity contribution in [2.75, 3.05) is 31.6 Å². The number of hydrogen-bond donors (Lipinski definition) is 0. The number of halogens is 1. The molecular formula is C28H31FN4O3S. The third-order valence-corrected chi connectivity index (χ3v) is 8.49. The first-order chi connectivity index (χ1) is 17.7. The van der Waals surface area contributed by atoms with E-state index in [-0.39, 0.29) is 23.9 Å². The number of hydrogen-bond acceptors (Lipinski definition) is 5. The quantitative estimate of drug-likeness (QED) is 0.460. The highest BCUT2D eigenvalue weighted by Crippen LogP contribution is 2.49. The van der Waals surface area contributed by atoms with Crippen LogP contribution in [0.1, 0.15) is 45.7 Å². The number of rotatable bonds is 5. The Morgan fingerprint density at radius 3 is 2.57 bits per heavy atom. The van der Waals surface area contributed by atoms with E-state index in [4.69, 9.17) is 4.74 Å².